The van der Waals surface area contributed by atoms with Gasteiger partial charge in [0.15, 0.2) is 0 Å². The zero-order chi connectivity index (χ0) is 9.47. The summed E-state index contributed by atoms with van der Waals surface area (Å²) in [4.78, 5) is 0. The van der Waals surface area contributed by atoms with Crippen LogP contribution in [0.25, 0.3) is 0 Å². The summed E-state index contributed by atoms with van der Waals surface area (Å²) < 4.78 is 0. The molecule has 0 aromatic rings. The first kappa shape index (κ1) is 9.97. The van der Waals surface area contributed by atoms with Crippen LogP contribution >= 0.6 is 7.26 Å². The molecule has 1 saturated carbocycles. The normalized spacial score (nSPS) is 44.7. The fraction of sp³-hybridized carbons (Fsp3) is 1.00. The van der Waals surface area contributed by atoms with Crippen LogP contribution in [0, 0.1) is 11.8 Å². The molecule has 13 heavy (non-hydrogen) atoms. The zero-order valence-corrected chi connectivity index (χ0v) is 10.5. The average molecular weight is 200 g/mol. The van der Waals surface area contributed by atoms with Crippen LogP contribution in [0.15, 0.2) is 0 Å². The van der Waals surface area contributed by atoms with Crippen LogP contribution in [0.5, 0.6) is 0 Å². The van der Waals surface area contributed by atoms with Crippen molar-refractivity contribution in [3.8, 4) is 0 Å². The van der Waals surface area contributed by atoms with E-state index in [4.69, 9.17) is 0 Å². The minimum absolute atomic E-state index is 0.608. The van der Waals surface area contributed by atoms with E-state index in [1.54, 1.807) is 25.2 Å². The standard InChI is InChI=1S/C12H25P/c1-10-5-4-6-12(10)7-8-13(3)9-11(13)2/h10-13H,4-9H2,1-3H3. The summed E-state index contributed by atoms with van der Waals surface area (Å²) in [7, 11) is -0.608. The summed E-state index contributed by atoms with van der Waals surface area (Å²) >= 11 is 0. The fourth-order valence-corrected chi connectivity index (χ4v) is 7.21. The molecular weight excluding hydrogens is 175 g/mol. The van der Waals surface area contributed by atoms with Gasteiger partial charge in [0.25, 0.3) is 0 Å². The van der Waals surface area contributed by atoms with Crippen molar-refractivity contribution in [2.24, 2.45) is 11.8 Å². The van der Waals surface area contributed by atoms with Crippen molar-refractivity contribution in [1.29, 1.82) is 0 Å². The first-order chi connectivity index (χ1) is 6.12. The molecule has 0 radical (unpaired) electrons. The maximum atomic E-state index is 2.62. The van der Waals surface area contributed by atoms with E-state index in [1.807, 2.05) is 0 Å². The van der Waals surface area contributed by atoms with Gasteiger partial charge in [0, 0.05) is 0 Å². The van der Waals surface area contributed by atoms with Gasteiger partial charge < -0.3 is 0 Å². The molecule has 0 bridgehead atoms. The van der Waals surface area contributed by atoms with E-state index < -0.39 is 7.26 Å². The second-order valence-corrected chi connectivity index (χ2v) is 11.2. The van der Waals surface area contributed by atoms with E-state index in [0.29, 0.717) is 0 Å². The third-order valence-corrected chi connectivity index (χ3v) is 9.96. The molecule has 3 atom stereocenters. The molecule has 1 saturated heterocycles. The van der Waals surface area contributed by atoms with Crippen molar-refractivity contribution in [2.45, 2.75) is 45.2 Å². The van der Waals surface area contributed by atoms with Gasteiger partial charge in [-0.25, -0.2) is 0 Å². The number of hydrogen-bond acceptors (Lipinski definition) is 0. The van der Waals surface area contributed by atoms with Gasteiger partial charge in [-0.1, -0.05) is 0 Å². The van der Waals surface area contributed by atoms with Crippen LogP contribution in [0.3, 0.4) is 0 Å². The van der Waals surface area contributed by atoms with E-state index in [2.05, 4.69) is 20.5 Å². The first-order valence-corrected chi connectivity index (χ1v) is 9.11. The van der Waals surface area contributed by atoms with E-state index in [1.165, 1.54) is 12.8 Å². The summed E-state index contributed by atoms with van der Waals surface area (Å²) in [5, 5.41) is 0. The Bertz CT molecular complexity index is 190. The quantitative estimate of drug-likeness (QED) is 0.611. The monoisotopic (exact) mass is 200 g/mol. The van der Waals surface area contributed by atoms with E-state index in [9.17, 15) is 0 Å². The van der Waals surface area contributed by atoms with Crippen LogP contribution < -0.4 is 0 Å². The van der Waals surface area contributed by atoms with Crippen molar-refractivity contribution >= 4 is 7.26 Å². The van der Waals surface area contributed by atoms with Crippen LogP contribution in [-0.4, -0.2) is 24.6 Å². The molecule has 1 aliphatic carbocycles. The first-order valence-electron chi connectivity index (χ1n) is 6.12. The number of rotatable bonds is 3. The van der Waals surface area contributed by atoms with Crippen molar-refractivity contribution in [3.63, 3.8) is 0 Å². The molecule has 0 amide bonds. The third-order valence-electron chi connectivity index (χ3n) is 4.93. The fourth-order valence-electron chi connectivity index (χ4n) is 3.16. The van der Waals surface area contributed by atoms with Gasteiger partial charge in [0.1, 0.15) is 0 Å². The topological polar surface area (TPSA) is 0 Å². The molecule has 3 unspecified atom stereocenters. The second-order valence-electron chi connectivity index (χ2n) is 5.97. The molecule has 1 heteroatoms. The van der Waals surface area contributed by atoms with Gasteiger partial charge in [-0.05, 0) is 0 Å². The van der Waals surface area contributed by atoms with Gasteiger partial charge in [-0.3, -0.25) is 0 Å². The zero-order valence-electron chi connectivity index (χ0n) is 9.47. The van der Waals surface area contributed by atoms with Crippen LogP contribution in [0.1, 0.15) is 39.5 Å². The Hall–Kier alpha value is 0.430. The molecule has 2 fully saturated rings. The Kier molecular flexibility index (Phi) is 2.71. The van der Waals surface area contributed by atoms with Crippen molar-refractivity contribution < 1.29 is 0 Å². The molecule has 1 aliphatic heterocycles. The predicted molar refractivity (Wildman–Crippen MR) is 64.6 cm³/mol. The molecule has 2 aliphatic rings. The summed E-state index contributed by atoms with van der Waals surface area (Å²) in [5.74, 6) is 2.16. The Labute approximate surface area is 83.8 Å². The molecule has 0 aromatic heterocycles. The van der Waals surface area contributed by atoms with Crippen molar-refractivity contribution in [2.75, 3.05) is 19.0 Å². The van der Waals surface area contributed by atoms with Crippen LogP contribution in [-0.2, 0) is 0 Å². The van der Waals surface area contributed by atoms with E-state index in [0.717, 1.165) is 17.5 Å². The van der Waals surface area contributed by atoms with Gasteiger partial charge in [0.2, 0.25) is 0 Å². The molecule has 0 spiro atoms. The van der Waals surface area contributed by atoms with Gasteiger partial charge in [0.05, 0.1) is 0 Å². The van der Waals surface area contributed by atoms with Crippen LogP contribution in [0.2, 0.25) is 0 Å². The second kappa shape index (κ2) is 3.54. The Balaban J connectivity index is 1.73. The predicted octanol–water partition coefficient (Wildman–Crippen LogP) is 3.59. The maximum absolute atomic E-state index is 2.62. The van der Waals surface area contributed by atoms with Crippen molar-refractivity contribution in [1.82, 2.24) is 0 Å². The SMILES string of the molecule is CC1CCCC1CC[PH]1(C)CC1C. The van der Waals surface area contributed by atoms with Crippen molar-refractivity contribution in [3.05, 3.63) is 0 Å². The van der Waals surface area contributed by atoms with Gasteiger partial charge >= 0.3 is 83.3 Å². The molecule has 0 nitrogen and oxygen atoms in total. The molecule has 0 aromatic carbocycles. The summed E-state index contributed by atoms with van der Waals surface area (Å²) in [6.45, 7) is 7.57. The Morgan fingerprint density at radius 1 is 1.23 bits per heavy atom. The third kappa shape index (κ3) is 2.09. The summed E-state index contributed by atoms with van der Waals surface area (Å²) in [6.07, 6.45) is 9.42. The minimum atomic E-state index is -0.608. The molecule has 2 rings (SSSR count). The van der Waals surface area contributed by atoms with E-state index >= 15 is 0 Å². The van der Waals surface area contributed by atoms with Crippen LogP contribution in [0.4, 0.5) is 0 Å². The van der Waals surface area contributed by atoms with Gasteiger partial charge in [-0.2, -0.15) is 0 Å². The molecule has 78 valence electrons. The average Bonchev–Trinajstić information content (AvgIpc) is 2.50. The molecule has 1 heterocycles. The summed E-state index contributed by atoms with van der Waals surface area (Å²) in [6, 6.07) is 0. The Morgan fingerprint density at radius 2 is 1.92 bits per heavy atom. The van der Waals surface area contributed by atoms with Gasteiger partial charge in [-0.15, -0.1) is 0 Å². The summed E-state index contributed by atoms with van der Waals surface area (Å²) in [5.41, 5.74) is 1.16. The van der Waals surface area contributed by atoms with E-state index in [-0.39, 0.29) is 0 Å². The molecule has 0 N–H and O–H groups in total. The molecular formula is C12H25P. The number of hydrogen-bond donors (Lipinski definition) is 0. The Morgan fingerprint density at radius 3 is 2.38 bits per heavy atom.